The van der Waals surface area contributed by atoms with Crippen LogP contribution in [0.4, 0.5) is 0 Å². The maximum atomic E-state index is 13.3. The molecule has 142 valence electrons. The maximum Gasteiger partial charge on any atom is 0.308 e. The van der Waals surface area contributed by atoms with Gasteiger partial charge in [-0.05, 0) is 44.0 Å². The molecular formula is C20H21ClN2O4. The van der Waals surface area contributed by atoms with Crippen molar-refractivity contribution in [2.75, 3.05) is 26.3 Å². The standard InChI is InChI=1S/C20H21ClN2O4/c1-12-8-15(14-9-13(21)2-3-17(14)22-12)18(24)23-10-16(19(25)26)20(11-23)4-6-27-7-5-20/h2-3,8-9,16H,4-7,10-11H2,1H3,(H,25,26). The second-order valence-electron chi connectivity index (χ2n) is 7.52. The van der Waals surface area contributed by atoms with E-state index in [2.05, 4.69) is 4.98 Å². The van der Waals surface area contributed by atoms with Crippen molar-refractivity contribution in [1.82, 2.24) is 9.88 Å². The number of carbonyl (C=O) groups excluding carboxylic acids is 1. The molecule has 2 fully saturated rings. The highest BCUT2D eigenvalue weighted by atomic mass is 35.5. The number of nitrogens with zero attached hydrogens (tertiary/aromatic N) is 2. The van der Waals surface area contributed by atoms with Crippen LogP contribution in [-0.2, 0) is 9.53 Å². The van der Waals surface area contributed by atoms with Gasteiger partial charge in [0, 0.05) is 47.8 Å². The Balaban J connectivity index is 1.72. The van der Waals surface area contributed by atoms with Crippen LogP contribution in [-0.4, -0.2) is 53.2 Å². The van der Waals surface area contributed by atoms with Crippen LogP contribution in [0.2, 0.25) is 5.02 Å². The monoisotopic (exact) mass is 388 g/mol. The van der Waals surface area contributed by atoms with Crippen molar-refractivity contribution < 1.29 is 19.4 Å². The zero-order valence-electron chi connectivity index (χ0n) is 15.1. The van der Waals surface area contributed by atoms with Crippen molar-refractivity contribution in [2.24, 2.45) is 11.3 Å². The fourth-order valence-corrected chi connectivity index (χ4v) is 4.60. The number of pyridine rings is 1. The lowest BCUT2D eigenvalue weighted by Crippen LogP contribution is -2.40. The van der Waals surface area contributed by atoms with E-state index in [0.717, 1.165) is 5.69 Å². The highest BCUT2D eigenvalue weighted by molar-refractivity contribution is 6.31. The molecule has 6 nitrogen and oxygen atoms in total. The second kappa shape index (κ2) is 6.77. The van der Waals surface area contributed by atoms with Crippen molar-refractivity contribution in [2.45, 2.75) is 19.8 Å². The first-order chi connectivity index (χ1) is 12.9. The van der Waals surface area contributed by atoms with E-state index in [1.807, 2.05) is 6.92 Å². The van der Waals surface area contributed by atoms with E-state index in [1.165, 1.54) is 0 Å². The number of fused-ring (bicyclic) bond motifs is 1. The van der Waals surface area contributed by atoms with Gasteiger partial charge in [0.15, 0.2) is 0 Å². The number of carboxylic acids is 1. The molecule has 1 atom stereocenters. The van der Waals surface area contributed by atoms with Gasteiger partial charge < -0.3 is 14.7 Å². The van der Waals surface area contributed by atoms with Gasteiger partial charge in [-0.2, -0.15) is 0 Å². The predicted molar refractivity (Wildman–Crippen MR) is 101 cm³/mol. The molecule has 1 unspecified atom stereocenters. The van der Waals surface area contributed by atoms with Crippen LogP contribution >= 0.6 is 11.6 Å². The largest absolute Gasteiger partial charge is 0.481 e. The summed E-state index contributed by atoms with van der Waals surface area (Å²) in [6, 6.07) is 7.04. The smallest absolute Gasteiger partial charge is 0.308 e. The number of aliphatic carboxylic acids is 1. The molecule has 0 aliphatic carbocycles. The Bertz CT molecular complexity index is 924. The molecule has 0 bridgehead atoms. The lowest BCUT2D eigenvalue weighted by molar-refractivity contribution is -0.146. The summed E-state index contributed by atoms with van der Waals surface area (Å²) in [4.78, 5) is 31.4. The molecule has 2 aliphatic heterocycles. The summed E-state index contributed by atoms with van der Waals surface area (Å²) in [7, 11) is 0. The summed E-state index contributed by atoms with van der Waals surface area (Å²) in [6.45, 7) is 3.58. The number of carboxylic acid groups (broad SMARTS) is 1. The number of rotatable bonds is 2. The molecule has 2 aromatic rings. The molecule has 1 amide bonds. The van der Waals surface area contributed by atoms with Gasteiger partial charge in [0.25, 0.3) is 5.91 Å². The van der Waals surface area contributed by atoms with E-state index < -0.39 is 17.3 Å². The first kappa shape index (κ1) is 18.2. The fourth-order valence-electron chi connectivity index (χ4n) is 4.43. The van der Waals surface area contributed by atoms with E-state index in [4.69, 9.17) is 16.3 Å². The molecular weight excluding hydrogens is 368 g/mol. The number of hydrogen-bond acceptors (Lipinski definition) is 4. The first-order valence-corrected chi connectivity index (χ1v) is 9.44. The van der Waals surface area contributed by atoms with Crippen LogP contribution in [0.5, 0.6) is 0 Å². The number of aryl methyl sites for hydroxylation is 1. The SMILES string of the molecule is Cc1cc(C(=O)N2CC(C(=O)O)C3(CCOCC3)C2)c2cc(Cl)ccc2n1. The molecule has 2 saturated heterocycles. The van der Waals surface area contributed by atoms with Gasteiger partial charge in [0.1, 0.15) is 0 Å². The zero-order valence-corrected chi connectivity index (χ0v) is 15.8. The molecule has 4 rings (SSSR count). The molecule has 27 heavy (non-hydrogen) atoms. The van der Waals surface area contributed by atoms with Gasteiger partial charge >= 0.3 is 5.97 Å². The average Bonchev–Trinajstić information content (AvgIpc) is 3.00. The quantitative estimate of drug-likeness (QED) is 0.854. The minimum atomic E-state index is -0.842. The molecule has 1 N–H and O–H groups in total. The third-order valence-electron chi connectivity index (χ3n) is 5.85. The molecule has 3 heterocycles. The first-order valence-electron chi connectivity index (χ1n) is 9.06. The summed E-state index contributed by atoms with van der Waals surface area (Å²) >= 11 is 6.13. The van der Waals surface area contributed by atoms with Crippen LogP contribution in [0.25, 0.3) is 10.9 Å². The summed E-state index contributed by atoms with van der Waals surface area (Å²) < 4.78 is 5.43. The molecule has 7 heteroatoms. The Hall–Kier alpha value is -2.18. The summed E-state index contributed by atoms with van der Waals surface area (Å²) in [5.41, 5.74) is 1.56. The van der Waals surface area contributed by atoms with Crippen LogP contribution in [0.1, 0.15) is 28.9 Å². The Morgan fingerprint density at radius 1 is 1.30 bits per heavy atom. The number of aromatic nitrogens is 1. The van der Waals surface area contributed by atoms with Gasteiger partial charge in [0.05, 0.1) is 17.0 Å². The van der Waals surface area contributed by atoms with Crippen molar-refractivity contribution in [3.63, 3.8) is 0 Å². The predicted octanol–water partition coefficient (Wildman–Crippen LogP) is 3.15. The van der Waals surface area contributed by atoms with E-state index in [0.29, 0.717) is 54.1 Å². The number of hydrogen-bond donors (Lipinski definition) is 1. The van der Waals surface area contributed by atoms with Gasteiger partial charge in [-0.15, -0.1) is 0 Å². The summed E-state index contributed by atoms with van der Waals surface area (Å²) in [5.74, 6) is -1.57. The highest BCUT2D eigenvalue weighted by Crippen LogP contribution is 2.45. The Morgan fingerprint density at radius 2 is 2.04 bits per heavy atom. The normalized spacial score (nSPS) is 21.7. The number of amides is 1. The number of ether oxygens (including phenoxy) is 1. The van der Waals surface area contributed by atoms with Crippen LogP contribution in [0.3, 0.4) is 0 Å². The minimum absolute atomic E-state index is 0.164. The lowest BCUT2D eigenvalue weighted by atomic mass is 9.72. The zero-order chi connectivity index (χ0) is 19.2. The molecule has 0 radical (unpaired) electrons. The maximum absolute atomic E-state index is 13.3. The van der Waals surface area contributed by atoms with Gasteiger partial charge in [-0.1, -0.05) is 11.6 Å². The van der Waals surface area contributed by atoms with E-state index in [9.17, 15) is 14.7 Å². The Morgan fingerprint density at radius 3 is 2.74 bits per heavy atom. The Kier molecular flexibility index (Phi) is 4.56. The average molecular weight is 389 g/mol. The second-order valence-corrected chi connectivity index (χ2v) is 7.96. The fraction of sp³-hybridized carbons (Fsp3) is 0.450. The summed E-state index contributed by atoms with van der Waals surface area (Å²) in [5, 5.41) is 11.0. The molecule has 1 aromatic carbocycles. The highest BCUT2D eigenvalue weighted by Gasteiger charge is 2.52. The number of likely N-dealkylation sites (tertiary alicyclic amines) is 1. The van der Waals surface area contributed by atoms with E-state index >= 15 is 0 Å². The van der Waals surface area contributed by atoms with Crippen molar-refractivity contribution in [3.05, 3.63) is 40.5 Å². The van der Waals surface area contributed by atoms with Gasteiger partial charge in [0.2, 0.25) is 0 Å². The number of carbonyl (C=O) groups is 2. The third kappa shape index (κ3) is 3.17. The molecule has 2 aliphatic rings. The van der Waals surface area contributed by atoms with Crippen molar-refractivity contribution in [3.8, 4) is 0 Å². The molecule has 0 saturated carbocycles. The third-order valence-corrected chi connectivity index (χ3v) is 6.09. The van der Waals surface area contributed by atoms with Crippen molar-refractivity contribution in [1.29, 1.82) is 0 Å². The lowest BCUT2D eigenvalue weighted by Gasteiger charge is -2.36. The summed E-state index contributed by atoms with van der Waals surface area (Å²) in [6.07, 6.45) is 1.32. The van der Waals surface area contributed by atoms with E-state index in [-0.39, 0.29) is 12.5 Å². The molecule has 1 spiro atoms. The molecule has 1 aromatic heterocycles. The van der Waals surface area contributed by atoms with Gasteiger partial charge in [-0.25, -0.2) is 0 Å². The van der Waals surface area contributed by atoms with Gasteiger partial charge in [-0.3, -0.25) is 14.6 Å². The minimum Gasteiger partial charge on any atom is -0.481 e. The van der Waals surface area contributed by atoms with Crippen LogP contribution in [0.15, 0.2) is 24.3 Å². The topological polar surface area (TPSA) is 79.7 Å². The van der Waals surface area contributed by atoms with Crippen molar-refractivity contribution >= 4 is 34.4 Å². The number of benzene rings is 1. The van der Waals surface area contributed by atoms with Crippen LogP contribution < -0.4 is 0 Å². The Labute approximate surface area is 162 Å². The van der Waals surface area contributed by atoms with Crippen LogP contribution in [0, 0.1) is 18.3 Å². The number of halogens is 1. The van der Waals surface area contributed by atoms with E-state index in [1.54, 1.807) is 29.2 Å².